The van der Waals surface area contributed by atoms with Gasteiger partial charge in [0.25, 0.3) is 5.56 Å². The van der Waals surface area contributed by atoms with Crippen LogP contribution in [-0.2, 0) is 0 Å². The SMILES string of the molecule is CCCCCCCCOc1ccc(C=c2sc3nc(-c4ccccc4)nn3c2=O)cc1OC. The highest BCUT2D eigenvalue weighted by Crippen LogP contribution is 2.28. The lowest BCUT2D eigenvalue weighted by atomic mass is 10.1. The Kier molecular flexibility index (Phi) is 7.73. The van der Waals surface area contributed by atoms with Crippen LogP contribution in [0.1, 0.15) is 51.0 Å². The molecular formula is C26H29N3O3S. The van der Waals surface area contributed by atoms with Gasteiger partial charge in [-0.1, -0.05) is 86.8 Å². The Morgan fingerprint density at radius 2 is 1.79 bits per heavy atom. The van der Waals surface area contributed by atoms with Crippen molar-refractivity contribution in [2.24, 2.45) is 0 Å². The molecule has 0 aliphatic carbocycles. The molecule has 2 aromatic carbocycles. The van der Waals surface area contributed by atoms with Crippen LogP contribution in [0.3, 0.4) is 0 Å². The van der Waals surface area contributed by atoms with Gasteiger partial charge >= 0.3 is 0 Å². The Morgan fingerprint density at radius 3 is 2.55 bits per heavy atom. The summed E-state index contributed by atoms with van der Waals surface area (Å²) in [5.41, 5.74) is 1.58. The van der Waals surface area contributed by atoms with E-state index in [0.717, 1.165) is 23.3 Å². The van der Waals surface area contributed by atoms with Gasteiger partial charge in [-0.25, -0.2) is 0 Å². The van der Waals surface area contributed by atoms with Crippen LogP contribution in [0.25, 0.3) is 22.4 Å². The number of hydrogen-bond donors (Lipinski definition) is 0. The normalized spacial score (nSPS) is 11.9. The molecule has 0 fully saturated rings. The molecular weight excluding hydrogens is 434 g/mol. The van der Waals surface area contributed by atoms with Gasteiger partial charge in [0.1, 0.15) is 0 Å². The zero-order valence-electron chi connectivity index (χ0n) is 19.1. The number of methoxy groups -OCH3 is 1. The Morgan fingerprint density at radius 1 is 1.00 bits per heavy atom. The lowest BCUT2D eigenvalue weighted by Crippen LogP contribution is -2.23. The Balaban J connectivity index is 1.47. The average molecular weight is 464 g/mol. The molecule has 33 heavy (non-hydrogen) atoms. The number of fused-ring (bicyclic) bond motifs is 1. The monoisotopic (exact) mass is 463 g/mol. The van der Waals surface area contributed by atoms with Crippen molar-refractivity contribution < 1.29 is 9.47 Å². The van der Waals surface area contributed by atoms with Gasteiger partial charge in [0.2, 0.25) is 4.96 Å². The summed E-state index contributed by atoms with van der Waals surface area (Å²) in [4.78, 5) is 18.0. The summed E-state index contributed by atoms with van der Waals surface area (Å²) >= 11 is 1.33. The van der Waals surface area contributed by atoms with Crippen molar-refractivity contribution in [3.8, 4) is 22.9 Å². The number of nitrogens with zero attached hydrogens (tertiary/aromatic N) is 3. The fourth-order valence-corrected chi connectivity index (χ4v) is 4.56. The smallest absolute Gasteiger partial charge is 0.291 e. The summed E-state index contributed by atoms with van der Waals surface area (Å²) in [5, 5.41) is 4.40. The van der Waals surface area contributed by atoms with Crippen molar-refractivity contribution in [3.05, 3.63) is 69.0 Å². The molecule has 0 amide bonds. The molecule has 0 spiro atoms. The molecule has 0 N–H and O–H groups in total. The molecule has 2 heterocycles. The molecule has 6 nitrogen and oxygen atoms in total. The lowest BCUT2D eigenvalue weighted by Gasteiger charge is -2.11. The minimum atomic E-state index is -0.174. The number of unbranched alkanes of at least 4 members (excludes halogenated alkanes) is 5. The van der Waals surface area contributed by atoms with Crippen LogP contribution >= 0.6 is 11.3 Å². The molecule has 0 bridgehead atoms. The average Bonchev–Trinajstić information content (AvgIpc) is 3.39. The summed E-state index contributed by atoms with van der Waals surface area (Å²) in [6, 6.07) is 15.4. The Labute approximate surface area is 197 Å². The topological polar surface area (TPSA) is 65.7 Å². The van der Waals surface area contributed by atoms with E-state index in [-0.39, 0.29) is 5.56 Å². The number of thiazole rings is 1. The van der Waals surface area contributed by atoms with Crippen LogP contribution in [0.5, 0.6) is 11.5 Å². The second kappa shape index (κ2) is 11.1. The molecule has 172 valence electrons. The first-order chi connectivity index (χ1) is 16.2. The van der Waals surface area contributed by atoms with Gasteiger partial charge in [0.15, 0.2) is 17.3 Å². The maximum absolute atomic E-state index is 12.9. The summed E-state index contributed by atoms with van der Waals surface area (Å²) in [5.74, 6) is 1.94. The Hall–Kier alpha value is -3.19. The molecule has 0 radical (unpaired) electrons. The van der Waals surface area contributed by atoms with E-state index in [1.54, 1.807) is 7.11 Å². The van der Waals surface area contributed by atoms with Crippen LogP contribution < -0.4 is 19.6 Å². The molecule has 4 rings (SSSR count). The first-order valence-electron chi connectivity index (χ1n) is 11.5. The fourth-order valence-electron chi connectivity index (χ4n) is 3.65. The van der Waals surface area contributed by atoms with E-state index in [2.05, 4.69) is 17.0 Å². The number of rotatable bonds is 11. The van der Waals surface area contributed by atoms with Crippen LogP contribution in [0.2, 0.25) is 0 Å². The molecule has 0 unspecified atom stereocenters. The minimum absolute atomic E-state index is 0.174. The number of aromatic nitrogens is 3. The van der Waals surface area contributed by atoms with Crippen LogP contribution in [-0.4, -0.2) is 28.3 Å². The number of ether oxygens (including phenoxy) is 2. The highest BCUT2D eigenvalue weighted by Gasteiger charge is 2.12. The van der Waals surface area contributed by atoms with Crippen LogP contribution in [0.15, 0.2) is 53.3 Å². The minimum Gasteiger partial charge on any atom is -0.493 e. The predicted octanol–water partition coefficient (Wildman–Crippen LogP) is 5.11. The molecule has 2 aromatic heterocycles. The maximum Gasteiger partial charge on any atom is 0.291 e. The van der Waals surface area contributed by atoms with E-state index in [4.69, 9.17) is 9.47 Å². The summed E-state index contributed by atoms with van der Waals surface area (Å²) in [6.45, 7) is 2.90. The van der Waals surface area contributed by atoms with Gasteiger partial charge < -0.3 is 9.47 Å². The molecule has 4 aromatic rings. The standard InChI is InChI=1S/C26H29N3O3S/c1-3-4-5-6-7-11-16-32-21-15-14-19(17-22(21)31-2)18-23-25(30)29-26(33-23)27-24(28-29)20-12-9-8-10-13-20/h8-10,12-15,17-18H,3-7,11,16H2,1-2H3. The van der Waals surface area contributed by atoms with E-state index in [1.165, 1.54) is 48.0 Å². The van der Waals surface area contributed by atoms with E-state index < -0.39 is 0 Å². The molecule has 0 saturated heterocycles. The third kappa shape index (κ3) is 5.60. The van der Waals surface area contributed by atoms with Crippen molar-refractivity contribution in [1.29, 1.82) is 0 Å². The maximum atomic E-state index is 12.9. The molecule has 0 aliphatic rings. The van der Waals surface area contributed by atoms with Gasteiger partial charge in [0.05, 0.1) is 18.2 Å². The third-order valence-corrected chi connectivity index (χ3v) is 6.41. The van der Waals surface area contributed by atoms with Gasteiger partial charge in [0, 0.05) is 5.56 Å². The third-order valence-electron chi connectivity index (χ3n) is 5.45. The molecule has 0 saturated carbocycles. The van der Waals surface area contributed by atoms with E-state index in [1.807, 2.05) is 54.6 Å². The molecule has 0 aliphatic heterocycles. The highest BCUT2D eigenvalue weighted by atomic mass is 32.1. The van der Waals surface area contributed by atoms with Crippen molar-refractivity contribution in [2.75, 3.05) is 13.7 Å². The van der Waals surface area contributed by atoms with Crippen LogP contribution in [0.4, 0.5) is 0 Å². The van der Waals surface area contributed by atoms with E-state index in [9.17, 15) is 4.79 Å². The van der Waals surface area contributed by atoms with Gasteiger partial charge in [-0.05, 0) is 30.2 Å². The lowest BCUT2D eigenvalue weighted by molar-refractivity contribution is 0.284. The highest BCUT2D eigenvalue weighted by molar-refractivity contribution is 7.15. The molecule has 0 atom stereocenters. The van der Waals surface area contributed by atoms with Crippen molar-refractivity contribution in [1.82, 2.24) is 14.6 Å². The van der Waals surface area contributed by atoms with Crippen molar-refractivity contribution >= 4 is 22.4 Å². The van der Waals surface area contributed by atoms with E-state index in [0.29, 0.717) is 27.7 Å². The largest absolute Gasteiger partial charge is 0.493 e. The quantitative estimate of drug-likeness (QED) is 0.289. The van der Waals surface area contributed by atoms with Crippen molar-refractivity contribution in [2.45, 2.75) is 45.4 Å². The number of benzene rings is 2. The summed E-state index contributed by atoms with van der Waals surface area (Å²) < 4.78 is 13.4. The zero-order chi connectivity index (χ0) is 23.0. The van der Waals surface area contributed by atoms with Crippen molar-refractivity contribution in [3.63, 3.8) is 0 Å². The zero-order valence-corrected chi connectivity index (χ0v) is 19.9. The van der Waals surface area contributed by atoms with Crippen LogP contribution in [0, 0.1) is 0 Å². The second-order valence-corrected chi connectivity index (χ2v) is 8.95. The molecule has 7 heteroatoms. The number of hydrogen-bond acceptors (Lipinski definition) is 6. The first-order valence-corrected chi connectivity index (χ1v) is 12.3. The van der Waals surface area contributed by atoms with Gasteiger partial charge in [-0.2, -0.15) is 9.50 Å². The predicted molar refractivity (Wildman–Crippen MR) is 133 cm³/mol. The van der Waals surface area contributed by atoms with Gasteiger partial charge in [-0.15, -0.1) is 5.10 Å². The summed E-state index contributed by atoms with van der Waals surface area (Å²) in [6.07, 6.45) is 9.17. The first kappa shape index (κ1) is 23.0. The second-order valence-electron chi connectivity index (χ2n) is 7.94. The van der Waals surface area contributed by atoms with Gasteiger partial charge in [-0.3, -0.25) is 4.79 Å². The Bertz CT molecular complexity index is 1300. The van der Waals surface area contributed by atoms with E-state index >= 15 is 0 Å². The summed E-state index contributed by atoms with van der Waals surface area (Å²) in [7, 11) is 1.63. The fraction of sp³-hybridized carbons (Fsp3) is 0.346.